The SMILES string of the molecule is C=CC1=C(/C=C/CP(=O)(O)O)Oc2cc(CP(=O)(O)O)ccc2C12OC(=O)c1ccccc12.Cc1ccc2c(c1)Oc1cc(C)ccc1C21OC(=O)c2ccccc21.Nc1ccc2c(c1)Oc1cc(N)ccc1C21OC(=O)c2ccccc21. The lowest BCUT2D eigenvalue weighted by Gasteiger charge is -2.37. The second-order valence-corrected chi connectivity index (χ2v) is 23.9. The van der Waals surface area contributed by atoms with Crippen LogP contribution in [0.3, 0.4) is 0 Å². The van der Waals surface area contributed by atoms with Gasteiger partial charge in [-0.25, -0.2) is 14.4 Å². The van der Waals surface area contributed by atoms with E-state index in [1.165, 1.54) is 30.4 Å². The molecule has 0 aliphatic carbocycles. The van der Waals surface area contributed by atoms with E-state index in [-0.39, 0.29) is 23.4 Å². The fourth-order valence-electron chi connectivity index (χ4n) is 11.7. The third kappa shape index (κ3) is 9.11. The van der Waals surface area contributed by atoms with Crippen molar-refractivity contribution in [2.75, 3.05) is 17.6 Å². The van der Waals surface area contributed by atoms with Gasteiger partial charge in [0.1, 0.15) is 34.5 Å². The van der Waals surface area contributed by atoms with Crippen LogP contribution in [0.5, 0.6) is 28.7 Å². The molecule has 19 heteroatoms. The maximum absolute atomic E-state index is 12.8. The number of nitrogens with two attached hydrogens (primary N) is 2. The third-order valence-corrected chi connectivity index (χ3v) is 16.5. The molecular weight excluding hydrogens is 1100 g/mol. The van der Waals surface area contributed by atoms with Gasteiger partial charge in [-0.3, -0.25) is 9.13 Å². The average Bonchev–Trinajstić information content (AvgIpc) is 1.81. The van der Waals surface area contributed by atoms with Gasteiger partial charge in [0.2, 0.25) is 0 Å². The molecule has 1 unspecified atom stereocenters. The molecule has 6 heterocycles. The van der Waals surface area contributed by atoms with Gasteiger partial charge >= 0.3 is 33.1 Å². The van der Waals surface area contributed by atoms with E-state index in [1.54, 1.807) is 60.7 Å². The summed E-state index contributed by atoms with van der Waals surface area (Å²) in [6.07, 6.45) is 2.97. The summed E-state index contributed by atoms with van der Waals surface area (Å²) in [5.74, 6) is 1.68. The van der Waals surface area contributed by atoms with Crippen molar-refractivity contribution in [2.45, 2.75) is 36.8 Å². The molecule has 0 aromatic heterocycles. The Hall–Kier alpha value is -9.31. The second-order valence-electron chi connectivity index (χ2n) is 20.6. The quantitative estimate of drug-likeness (QED) is 0.0391. The van der Waals surface area contributed by atoms with Crippen molar-refractivity contribution >= 4 is 44.5 Å². The molecule has 0 saturated carbocycles. The van der Waals surface area contributed by atoms with Crippen LogP contribution in [-0.2, 0) is 46.3 Å². The molecule has 14 rings (SSSR count). The van der Waals surface area contributed by atoms with Gasteiger partial charge < -0.3 is 59.5 Å². The summed E-state index contributed by atoms with van der Waals surface area (Å²) >= 11 is 0. The number of carbonyl (C=O) groups is 3. The third-order valence-electron chi connectivity index (χ3n) is 15.1. The van der Waals surface area contributed by atoms with Crippen molar-refractivity contribution in [2.24, 2.45) is 0 Å². The summed E-state index contributed by atoms with van der Waals surface area (Å²) in [6, 6.07) is 49.1. The number of ether oxygens (including phenoxy) is 6. The molecular formula is C64H50N2O15P2. The summed E-state index contributed by atoms with van der Waals surface area (Å²) in [5, 5.41) is 0. The van der Waals surface area contributed by atoms with Crippen molar-refractivity contribution < 1.29 is 71.5 Å². The lowest BCUT2D eigenvalue weighted by Crippen LogP contribution is -2.34. The minimum Gasteiger partial charge on any atom is -0.456 e. The van der Waals surface area contributed by atoms with Crippen molar-refractivity contribution in [1.82, 2.24) is 0 Å². The van der Waals surface area contributed by atoms with E-state index in [4.69, 9.17) is 39.9 Å². The molecule has 0 bridgehead atoms. The summed E-state index contributed by atoms with van der Waals surface area (Å²) in [7, 11) is -8.68. The van der Waals surface area contributed by atoms with Crippen LogP contribution in [0, 0.1) is 13.8 Å². The van der Waals surface area contributed by atoms with Gasteiger partial charge in [0, 0.05) is 73.6 Å². The Balaban J connectivity index is 0.000000124. The smallest absolute Gasteiger partial charge is 0.340 e. The molecule has 8 aromatic carbocycles. The molecule has 83 heavy (non-hydrogen) atoms. The molecule has 0 radical (unpaired) electrons. The van der Waals surface area contributed by atoms with Crippen molar-refractivity contribution in [3.63, 3.8) is 0 Å². The zero-order chi connectivity index (χ0) is 58.4. The second kappa shape index (κ2) is 20.0. The topological polar surface area (TPSA) is 274 Å². The molecule has 6 aliphatic heterocycles. The number of esters is 3. The minimum absolute atomic E-state index is 0.129. The molecule has 0 amide bonds. The van der Waals surface area contributed by atoms with Crippen molar-refractivity contribution in [3.8, 4) is 28.7 Å². The van der Waals surface area contributed by atoms with Gasteiger partial charge in [0.05, 0.1) is 29.0 Å². The highest BCUT2D eigenvalue weighted by atomic mass is 31.2. The summed E-state index contributed by atoms with van der Waals surface area (Å²) in [6.45, 7) is 7.88. The number of anilines is 2. The molecule has 1 atom stereocenters. The Labute approximate surface area is 475 Å². The van der Waals surface area contributed by atoms with Crippen LogP contribution in [0.1, 0.15) is 92.3 Å². The fourth-order valence-corrected chi connectivity index (χ4v) is 12.7. The summed E-state index contributed by atoms with van der Waals surface area (Å²) in [5.41, 5.74) is 19.7. The van der Waals surface area contributed by atoms with Crippen LogP contribution < -0.4 is 25.7 Å². The Morgan fingerprint density at radius 3 is 1.30 bits per heavy atom. The van der Waals surface area contributed by atoms with E-state index in [2.05, 4.69) is 6.58 Å². The van der Waals surface area contributed by atoms with E-state index < -0.39 is 50.3 Å². The first-order valence-corrected chi connectivity index (χ1v) is 29.5. The van der Waals surface area contributed by atoms with Crippen LogP contribution in [0.2, 0.25) is 0 Å². The molecule has 0 saturated heterocycles. The van der Waals surface area contributed by atoms with Gasteiger partial charge in [-0.05, 0) is 97.3 Å². The number of benzene rings is 8. The molecule has 3 spiro atoms. The average molecular weight is 1150 g/mol. The van der Waals surface area contributed by atoms with Crippen LogP contribution in [0.25, 0.3) is 0 Å². The lowest BCUT2D eigenvalue weighted by molar-refractivity contribution is 0.0209. The normalized spacial score (nSPS) is 17.4. The monoisotopic (exact) mass is 1150 g/mol. The molecule has 0 fully saturated rings. The fraction of sp³-hybridized carbons (Fsp3) is 0.109. The van der Waals surface area contributed by atoms with E-state index >= 15 is 0 Å². The number of hydrogen-bond acceptors (Lipinski definition) is 13. The minimum atomic E-state index is -4.36. The van der Waals surface area contributed by atoms with Crippen LogP contribution in [-0.4, -0.2) is 43.6 Å². The highest BCUT2D eigenvalue weighted by Gasteiger charge is 2.56. The van der Waals surface area contributed by atoms with E-state index in [0.717, 1.165) is 56.0 Å². The van der Waals surface area contributed by atoms with E-state index in [0.29, 0.717) is 61.8 Å². The number of nitrogen functional groups attached to an aromatic ring is 2. The van der Waals surface area contributed by atoms with Crippen molar-refractivity contribution in [3.05, 3.63) is 278 Å². The van der Waals surface area contributed by atoms with E-state index in [9.17, 15) is 43.1 Å². The number of fused-ring (bicyclic) bond motifs is 16. The first kappa shape index (κ1) is 54.3. The standard InChI is InChI=1S/C22H20O9P2.C22H16O3.C20H14N2O3/c1-2-16-19(8-5-11-32(24,25)26)30-20-12-14(13-33(27,28)29)9-10-18(20)22(16)17-7-4-3-6-15(17)21(23)31-22;1-13-7-9-17-19(11-13)24-20-12-14(2)8-10-18(20)22(17)16-6-4-3-5-15(16)21(23)25-22;21-11-5-7-15-17(9-11)24-18-10-12(22)6-8-16(18)20(15)14-4-2-1-3-13(14)19(23)25-20/h2-10,12H,1,11,13H2,(H2,24,25,26)(H2,27,28,29);3-12H,1-2H3;1-10H,21-22H2/b8-5+;;. The first-order valence-electron chi connectivity index (χ1n) is 25.9. The number of aryl methyl sites for hydroxylation is 2. The predicted octanol–water partition coefficient (Wildman–Crippen LogP) is 11.6. The molecule has 8 N–H and O–H groups in total. The van der Waals surface area contributed by atoms with Gasteiger partial charge in [-0.2, -0.15) is 0 Å². The Morgan fingerprint density at radius 1 is 0.470 bits per heavy atom. The first-order chi connectivity index (χ1) is 39.6. The predicted molar refractivity (Wildman–Crippen MR) is 306 cm³/mol. The van der Waals surface area contributed by atoms with Crippen LogP contribution >= 0.6 is 15.2 Å². The Morgan fingerprint density at radius 2 is 0.855 bits per heavy atom. The highest BCUT2D eigenvalue weighted by molar-refractivity contribution is 7.52. The maximum Gasteiger partial charge on any atom is 0.340 e. The van der Waals surface area contributed by atoms with Gasteiger partial charge in [0.25, 0.3) is 0 Å². The zero-order valence-corrected chi connectivity index (χ0v) is 46.1. The van der Waals surface area contributed by atoms with Crippen molar-refractivity contribution in [1.29, 1.82) is 0 Å². The lowest BCUT2D eigenvalue weighted by atomic mass is 9.77. The van der Waals surface area contributed by atoms with Crippen LogP contribution in [0.4, 0.5) is 11.4 Å². The summed E-state index contributed by atoms with van der Waals surface area (Å²) in [4.78, 5) is 75.1. The van der Waals surface area contributed by atoms with Crippen LogP contribution in [0.15, 0.2) is 200 Å². The zero-order valence-electron chi connectivity index (χ0n) is 44.3. The number of carbonyl (C=O) groups excluding carboxylic acids is 3. The molecule has 416 valence electrons. The number of hydrogen-bond donors (Lipinski definition) is 6. The molecule has 8 aromatic rings. The van der Waals surface area contributed by atoms with Gasteiger partial charge in [-0.15, -0.1) is 0 Å². The molecule has 17 nitrogen and oxygen atoms in total. The number of rotatable bonds is 6. The largest absolute Gasteiger partial charge is 0.456 e. The Bertz CT molecular complexity index is 4020. The Kier molecular flexibility index (Phi) is 13.1. The maximum atomic E-state index is 12.8. The summed E-state index contributed by atoms with van der Waals surface area (Å²) < 4.78 is 58.9. The molecule has 6 aliphatic rings. The van der Waals surface area contributed by atoms with Gasteiger partial charge in [-0.1, -0.05) is 110 Å². The van der Waals surface area contributed by atoms with E-state index in [1.807, 2.05) is 105 Å². The number of allylic oxidation sites excluding steroid dienone is 2. The van der Waals surface area contributed by atoms with Gasteiger partial charge in [0.15, 0.2) is 16.8 Å². The highest BCUT2D eigenvalue weighted by Crippen LogP contribution is 2.59.